The van der Waals surface area contributed by atoms with Crippen molar-refractivity contribution in [1.82, 2.24) is 10.2 Å². The van der Waals surface area contributed by atoms with Gasteiger partial charge in [-0.05, 0) is 39.1 Å². The summed E-state index contributed by atoms with van der Waals surface area (Å²) in [7, 11) is 4.18. The largest absolute Gasteiger partial charge is 0.367 e. The number of rotatable bonds is 4. The summed E-state index contributed by atoms with van der Waals surface area (Å²) in [4.78, 5) is 18.8. The van der Waals surface area contributed by atoms with Crippen molar-refractivity contribution in [3.63, 3.8) is 0 Å². The van der Waals surface area contributed by atoms with E-state index in [-0.39, 0.29) is 6.03 Å². The molecule has 0 atom stereocenters. The first-order valence-electron chi connectivity index (χ1n) is 7.72. The number of para-hydroxylation sites is 2. The summed E-state index contributed by atoms with van der Waals surface area (Å²) in [5, 5.41) is 3.09. The van der Waals surface area contributed by atoms with Gasteiger partial charge in [-0.15, -0.1) is 0 Å². The van der Waals surface area contributed by atoms with E-state index in [1.165, 1.54) is 0 Å². The Morgan fingerprint density at radius 2 is 1.95 bits per heavy atom. The number of carbonyl (C=O) groups excluding carboxylic acids is 1. The van der Waals surface area contributed by atoms with Gasteiger partial charge >= 0.3 is 6.03 Å². The lowest BCUT2D eigenvalue weighted by atomic mass is 10.1. The summed E-state index contributed by atoms with van der Waals surface area (Å²) in [6.07, 6.45) is 2.24. The van der Waals surface area contributed by atoms with E-state index in [9.17, 15) is 4.79 Å². The molecule has 0 aromatic heterocycles. The molecule has 3 rings (SSSR count). The number of hydrogen-bond donors (Lipinski definition) is 1. The summed E-state index contributed by atoms with van der Waals surface area (Å²) >= 11 is 0. The van der Waals surface area contributed by atoms with E-state index in [2.05, 4.69) is 35.3 Å². The van der Waals surface area contributed by atoms with Crippen LogP contribution < -0.4 is 15.1 Å². The molecule has 5 heteroatoms. The van der Waals surface area contributed by atoms with Gasteiger partial charge in [0.2, 0.25) is 0 Å². The molecule has 0 bridgehead atoms. The van der Waals surface area contributed by atoms with E-state index in [0.717, 1.165) is 50.4 Å². The monoisotopic (exact) mass is 288 g/mol. The minimum atomic E-state index is 0.0530. The zero-order valence-corrected chi connectivity index (χ0v) is 12.9. The van der Waals surface area contributed by atoms with Gasteiger partial charge in [0, 0.05) is 32.2 Å². The van der Waals surface area contributed by atoms with Crippen molar-refractivity contribution in [2.75, 3.05) is 50.1 Å². The second-order valence-electron chi connectivity index (χ2n) is 6.15. The molecule has 1 aromatic rings. The van der Waals surface area contributed by atoms with E-state index in [1.807, 2.05) is 23.1 Å². The van der Waals surface area contributed by atoms with Gasteiger partial charge in [0.15, 0.2) is 0 Å². The molecule has 1 fully saturated rings. The average molecular weight is 288 g/mol. The average Bonchev–Trinajstić information content (AvgIpc) is 3.28. The van der Waals surface area contributed by atoms with Crippen molar-refractivity contribution in [2.45, 2.75) is 18.9 Å². The Morgan fingerprint density at radius 3 is 2.62 bits per heavy atom. The quantitative estimate of drug-likeness (QED) is 0.917. The molecule has 114 valence electrons. The minimum absolute atomic E-state index is 0.0530. The van der Waals surface area contributed by atoms with E-state index < -0.39 is 0 Å². The van der Waals surface area contributed by atoms with Crippen LogP contribution in [0.2, 0.25) is 0 Å². The predicted molar refractivity (Wildman–Crippen MR) is 86.1 cm³/mol. The Hall–Kier alpha value is -1.75. The van der Waals surface area contributed by atoms with Crippen LogP contribution in [0.15, 0.2) is 24.3 Å². The lowest BCUT2D eigenvalue weighted by Gasteiger charge is -2.38. The smallest absolute Gasteiger partial charge is 0.322 e. The number of urea groups is 1. The van der Waals surface area contributed by atoms with E-state index in [1.54, 1.807) is 0 Å². The first-order chi connectivity index (χ1) is 10.1. The van der Waals surface area contributed by atoms with Gasteiger partial charge in [-0.25, -0.2) is 4.79 Å². The van der Waals surface area contributed by atoms with E-state index in [0.29, 0.717) is 6.04 Å². The normalized spacial score (nSPS) is 17.9. The fourth-order valence-corrected chi connectivity index (χ4v) is 2.67. The maximum atomic E-state index is 12.4. The van der Waals surface area contributed by atoms with Crippen molar-refractivity contribution >= 4 is 17.4 Å². The number of nitrogens with zero attached hydrogens (tertiary/aromatic N) is 3. The van der Waals surface area contributed by atoms with Crippen LogP contribution in [-0.4, -0.2) is 57.2 Å². The van der Waals surface area contributed by atoms with Gasteiger partial charge in [0.25, 0.3) is 0 Å². The van der Waals surface area contributed by atoms with Gasteiger partial charge in [0.05, 0.1) is 11.4 Å². The molecule has 1 aliphatic heterocycles. The van der Waals surface area contributed by atoms with Crippen LogP contribution >= 0.6 is 0 Å². The second-order valence-corrected chi connectivity index (χ2v) is 6.15. The zero-order valence-electron chi connectivity index (χ0n) is 12.9. The maximum absolute atomic E-state index is 12.4. The highest BCUT2D eigenvalue weighted by Gasteiger charge is 2.30. The lowest BCUT2D eigenvalue weighted by molar-refractivity contribution is 0.245. The predicted octanol–water partition coefficient (Wildman–Crippen LogP) is 1.75. The molecule has 2 aliphatic rings. The molecule has 0 unspecified atom stereocenters. The summed E-state index contributed by atoms with van der Waals surface area (Å²) in [5.74, 6) is 0. The fourth-order valence-electron chi connectivity index (χ4n) is 2.67. The van der Waals surface area contributed by atoms with Crippen LogP contribution in [0.4, 0.5) is 16.2 Å². The van der Waals surface area contributed by atoms with Gasteiger partial charge in [0.1, 0.15) is 0 Å². The highest BCUT2D eigenvalue weighted by molar-refractivity contribution is 5.97. The molecular weight excluding hydrogens is 264 g/mol. The molecule has 21 heavy (non-hydrogen) atoms. The molecule has 1 aromatic carbocycles. The van der Waals surface area contributed by atoms with Gasteiger partial charge in [-0.1, -0.05) is 12.1 Å². The molecule has 0 spiro atoms. The standard InChI is InChI=1S/C16H24N4O/c1-18(2)9-10-19-11-12-20(16(21)17-13-7-8-13)15-6-4-3-5-14(15)19/h3-6,13H,7-12H2,1-2H3,(H,17,21). The van der Waals surface area contributed by atoms with Crippen LogP contribution in [0.1, 0.15) is 12.8 Å². The van der Waals surface area contributed by atoms with Crippen molar-refractivity contribution in [3.8, 4) is 0 Å². The molecule has 5 nitrogen and oxygen atoms in total. The molecule has 0 radical (unpaired) electrons. The van der Waals surface area contributed by atoms with Crippen molar-refractivity contribution in [1.29, 1.82) is 0 Å². The maximum Gasteiger partial charge on any atom is 0.322 e. The summed E-state index contributed by atoms with van der Waals surface area (Å²) in [6, 6.07) is 8.66. The Labute approximate surface area is 126 Å². The summed E-state index contributed by atoms with van der Waals surface area (Å²) < 4.78 is 0. The van der Waals surface area contributed by atoms with Crippen LogP contribution in [-0.2, 0) is 0 Å². The number of amides is 2. The summed E-state index contributed by atoms with van der Waals surface area (Å²) in [6.45, 7) is 3.65. The number of hydrogen-bond acceptors (Lipinski definition) is 3. The topological polar surface area (TPSA) is 38.8 Å². The molecular formula is C16H24N4O. The van der Waals surface area contributed by atoms with E-state index in [4.69, 9.17) is 0 Å². The lowest BCUT2D eigenvalue weighted by Crippen LogP contribution is -2.49. The Morgan fingerprint density at radius 1 is 1.24 bits per heavy atom. The van der Waals surface area contributed by atoms with Crippen molar-refractivity contribution in [3.05, 3.63) is 24.3 Å². The van der Waals surface area contributed by atoms with Gasteiger partial charge in [-0.3, -0.25) is 4.90 Å². The van der Waals surface area contributed by atoms with Crippen molar-refractivity contribution in [2.24, 2.45) is 0 Å². The fraction of sp³-hybridized carbons (Fsp3) is 0.562. The third-order valence-electron chi connectivity index (χ3n) is 4.07. The number of fused-ring (bicyclic) bond motifs is 1. The highest BCUT2D eigenvalue weighted by atomic mass is 16.2. The van der Waals surface area contributed by atoms with Gasteiger partial charge < -0.3 is 15.1 Å². The van der Waals surface area contributed by atoms with Crippen LogP contribution in [0.25, 0.3) is 0 Å². The Bertz CT molecular complexity index is 513. The van der Waals surface area contributed by atoms with Crippen LogP contribution in [0.3, 0.4) is 0 Å². The molecule has 1 N–H and O–H groups in total. The SMILES string of the molecule is CN(C)CCN1CCN(C(=O)NC2CC2)c2ccccc21. The number of carbonyl (C=O) groups is 1. The number of nitrogens with one attached hydrogen (secondary N) is 1. The Balaban J connectivity index is 1.76. The second kappa shape index (κ2) is 5.93. The number of likely N-dealkylation sites (N-methyl/N-ethyl adjacent to an activating group) is 1. The molecule has 1 saturated carbocycles. The molecule has 1 aliphatic carbocycles. The van der Waals surface area contributed by atoms with Crippen molar-refractivity contribution < 1.29 is 4.79 Å². The number of benzene rings is 1. The highest BCUT2D eigenvalue weighted by Crippen LogP contribution is 2.33. The third-order valence-corrected chi connectivity index (χ3v) is 4.07. The van der Waals surface area contributed by atoms with Crippen LogP contribution in [0.5, 0.6) is 0 Å². The number of anilines is 2. The first-order valence-corrected chi connectivity index (χ1v) is 7.72. The molecule has 2 amide bonds. The Kier molecular flexibility index (Phi) is 4.01. The van der Waals surface area contributed by atoms with Gasteiger partial charge in [-0.2, -0.15) is 0 Å². The van der Waals surface area contributed by atoms with Crippen LogP contribution in [0, 0.1) is 0 Å². The summed E-state index contributed by atoms with van der Waals surface area (Å²) in [5.41, 5.74) is 2.19. The first kappa shape index (κ1) is 14.2. The molecule has 0 saturated heterocycles. The zero-order chi connectivity index (χ0) is 14.8. The minimum Gasteiger partial charge on any atom is -0.367 e. The van der Waals surface area contributed by atoms with E-state index >= 15 is 0 Å². The third kappa shape index (κ3) is 3.29. The molecule has 1 heterocycles.